The molecule has 1 heterocycles. The van der Waals surface area contributed by atoms with E-state index in [4.69, 9.17) is 9.47 Å². The molecule has 2 aromatic rings. The summed E-state index contributed by atoms with van der Waals surface area (Å²) in [5.41, 5.74) is 1.62. The van der Waals surface area contributed by atoms with Crippen LogP contribution in [0.15, 0.2) is 42.5 Å². The lowest BCUT2D eigenvalue weighted by atomic mass is 9.95. The van der Waals surface area contributed by atoms with E-state index in [1.54, 1.807) is 12.1 Å². The van der Waals surface area contributed by atoms with Crippen molar-refractivity contribution in [2.24, 2.45) is 5.92 Å². The van der Waals surface area contributed by atoms with Crippen molar-refractivity contribution >= 4 is 5.91 Å². The quantitative estimate of drug-likeness (QED) is 0.901. The second kappa shape index (κ2) is 7.55. The van der Waals surface area contributed by atoms with Gasteiger partial charge in [0.15, 0.2) is 11.5 Å². The highest BCUT2D eigenvalue weighted by Crippen LogP contribution is 2.34. The summed E-state index contributed by atoms with van der Waals surface area (Å²) in [6, 6.07) is 11.7. The third-order valence-corrected chi connectivity index (χ3v) is 4.16. The first-order chi connectivity index (χ1) is 12.0. The van der Waals surface area contributed by atoms with Gasteiger partial charge in [-0.15, -0.1) is 0 Å². The van der Waals surface area contributed by atoms with Gasteiger partial charge in [-0.3, -0.25) is 4.79 Å². The van der Waals surface area contributed by atoms with Crippen LogP contribution >= 0.6 is 0 Å². The van der Waals surface area contributed by atoms with Crippen LogP contribution in [0.5, 0.6) is 11.5 Å². The molecule has 1 amide bonds. The first-order valence-electron chi connectivity index (χ1n) is 8.46. The summed E-state index contributed by atoms with van der Waals surface area (Å²) in [7, 11) is 0. The number of ether oxygens (including phenoxy) is 2. The minimum atomic E-state index is -0.336. The fraction of sp³-hybridized carbons (Fsp3) is 0.350. The number of rotatable bonds is 5. The molecule has 0 fully saturated rings. The molecule has 0 aromatic heterocycles. The molecule has 1 N–H and O–H groups in total. The van der Waals surface area contributed by atoms with Crippen molar-refractivity contribution < 1.29 is 18.7 Å². The summed E-state index contributed by atoms with van der Waals surface area (Å²) >= 11 is 0. The average Bonchev–Trinajstić information content (AvgIpc) is 2.59. The monoisotopic (exact) mass is 343 g/mol. The van der Waals surface area contributed by atoms with E-state index in [2.05, 4.69) is 5.32 Å². The van der Waals surface area contributed by atoms with Gasteiger partial charge in [0.05, 0.1) is 12.5 Å². The summed E-state index contributed by atoms with van der Waals surface area (Å²) in [5, 5.41) is 3.05. The zero-order chi connectivity index (χ0) is 17.8. The lowest BCUT2D eigenvalue weighted by Gasteiger charge is -2.25. The van der Waals surface area contributed by atoms with E-state index in [1.807, 2.05) is 32.0 Å². The maximum atomic E-state index is 13.3. The van der Waals surface area contributed by atoms with E-state index < -0.39 is 0 Å². The molecule has 4 nitrogen and oxygen atoms in total. The van der Waals surface area contributed by atoms with Crippen molar-refractivity contribution in [3.8, 4) is 11.5 Å². The third kappa shape index (κ3) is 4.29. The molecule has 25 heavy (non-hydrogen) atoms. The molecule has 1 atom stereocenters. The van der Waals surface area contributed by atoms with Crippen molar-refractivity contribution in [2.75, 3.05) is 13.2 Å². The highest BCUT2D eigenvalue weighted by molar-refractivity contribution is 5.79. The van der Waals surface area contributed by atoms with Gasteiger partial charge in [0.2, 0.25) is 5.91 Å². The van der Waals surface area contributed by atoms with Crippen molar-refractivity contribution in [1.82, 2.24) is 5.32 Å². The van der Waals surface area contributed by atoms with Crippen LogP contribution in [0.2, 0.25) is 0 Å². The van der Waals surface area contributed by atoms with E-state index in [0.717, 1.165) is 11.3 Å². The number of hydrogen-bond donors (Lipinski definition) is 1. The highest BCUT2D eigenvalue weighted by Gasteiger charge is 2.21. The number of nitrogens with one attached hydrogen (secondary N) is 1. The minimum Gasteiger partial charge on any atom is -0.486 e. The van der Waals surface area contributed by atoms with Crippen LogP contribution in [0.1, 0.15) is 31.0 Å². The fourth-order valence-electron chi connectivity index (χ4n) is 2.95. The normalized spacial score (nSPS) is 14.2. The first kappa shape index (κ1) is 17.3. The lowest BCUT2D eigenvalue weighted by Crippen LogP contribution is -2.33. The van der Waals surface area contributed by atoms with Crippen LogP contribution < -0.4 is 14.8 Å². The largest absolute Gasteiger partial charge is 0.486 e. The van der Waals surface area contributed by atoms with Crippen LogP contribution in [0.4, 0.5) is 4.39 Å². The molecule has 5 heteroatoms. The summed E-state index contributed by atoms with van der Waals surface area (Å²) in [6.07, 6.45) is 0.144. The van der Waals surface area contributed by atoms with Crippen LogP contribution in [0.25, 0.3) is 0 Å². The Morgan fingerprint density at radius 2 is 1.88 bits per heavy atom. The zero-order valence-corrected chi connectivity index (χ0v) is 14.4. The maximum Gasteiger partial charge on any atom is 0.224 e. The number of fused-ring (bicyclic) bond motifs is 1. The standard InChI is InChI=1S/C20H22FNO3/c1-13(2)20(15-6-7-17-18(12-15)25-9-8-24-17)22-19(23)11-14-4-3-5-16(21)10-14/h3-7,10,12-13,20H,8-9,11H2,1-2H3,(H,22,23)/t20-/m0/s1. The first-order valence-corrected chi connectivity index (χ1v) is 8.46. The van der Waals surface area contributed by atoms with E-state index in [9.17, 15) is 9.18 Å². The molecule has 0 spiro atoms. The molecule has 2 aromatic carbocycles. The van der Waals surface area contributed by atoms with Gasteiger partial charge in [-0.25, -0.2) is 4.39 Å². The molecule has 1 aliphatic heterocycles. The average molecular weight is 343 g/mol. The van der Waals surface area contributed by atoms with Crippen molar-refractivity contribution in [1.29, 1.82) is 0 Å². The van der Waals surface area contributed by atoms with Crippen LogP contribution in [0, 0.1) is 11.7 Å². The highest BCUT2D eigenvalue weighted by atomic mass is 19.1. The summed E-state index contributed by atoms with van der Waals surface area (Å²) < 4.78 is 24.4. The zero-order valence-electron chi connectivity index (χ0n) is 14.4. The second-order valence-electron chi connectivity index (χ2n) is 6.50. The minimum absolute atomic E-state index is 0.140. The van der Waals surface area contributed by atoms with Crippen LogP contribution in [-0.2, 0) is 11.2 Å². The van der Waals surface area contributed by atoms with Crippen molar-refractivity contribution in [3.05, 3.63) is 59.4 Å². The number of benzene rings is 2. The van der Waals surface area contributed by atoms with Crippen molar-refractivity contribution in [2.45, 2.75) is 26.3 Å². The smallest absolute Gasteiger partial charge is 0.224 e. The lowest BCUT2D eigenvalue weighted by molar-refractivity contribution is -0.121. The van der Waals surface area contributed by atoms with E-state index in [0.29, 0.717) is 24.5 Å². The maximum absolute atomic E-state index is 13.3. The SMILES string of the molecule is CC(C)[C@H](NC(=O)Cc1cccc(F)c1)c1ccc2c(c1)OCCO2. The molecule has 3 rings (SSSR count). The molecule has 0 bridgehead atoms. The molecule has 0 saturated heterocycles. The number of hydrogen-bond acceptors (Lipinski definition) is 3. The van der Waals surface area contributed by atoms with Crippen LogP contribution in [0.3, 0.4) is 0 Å². The van der Waals surface area contributed by atoms with Crippen molar-refractivity contribution in [3.63, 3.8) is 0 Å². The number of amides is 1. The molecule has 1 aliphatic rings. The molecular weight excluding hydrogens is 321 g/mol. The molecule has 0 aliphatic carbocycles. The van der Waals surface area contributed by atoms with Gasteiger partial charge < -0.3 is 14.8 Å². The Hall–Kier alpha value is -2.56. The number of halogens is 1. The summed E-state index contributed by atoms with van der Waals surface area (Å²) in [6.45, 7) is 5.16. The Kier molecular flexibility index (Phi) is 5.22. The topological polar surface area (TPSA) is 47.6 Å². The molecule has 0 radical (unpaired) electrons. The third-order valence-electron chi connectivity index (χ3n) is 4.16. The van der Waals surface area contributed by atoms with E-state index >= 15 is 0 Å². The van der Waals surface area contributed by atoms with Gasteiger partial charge in [-0.2, -0.15) is 0 Å². The molecule has 132 valence electrons. The van der Waals surface area contributed by atoms with Gasteiger partial charge in [0.25, 0.3) is 0 Å². The Morgan fingerprint density at radius 3 is 2.60 bits per heavy atom. The molecular formula is C20H22FNO3. The Morgan fingerprint density at radius 1 is 1.12 bits per heavy atom. The van der Waals surface area contributed by atoms with Crippen LogP contribution in [-0.4, -0.2) is 19.1 Å². The van der Waals surface area contributed by atoms with E-state index in [-0.39, 0.29) is 30.1 Å². The van der Waals surface area contributed by atoms with Gasteiger partial charge >= 0.3 is 0 Å². The van der Waals surface area contributed by atoms with Gasteiger partial charge in [0, 0.05) is 0 Å². The summed E-state index contributed by atoms with van der Waals surface area (Å²) in [4.78, 5) is 12.4. The predicted molar refractivity (Wildman–Crippen MR) is 93.3 cm³/mol. The molecule has 0 saturated carbocycles. The van der Waals surface area contributed by atoms with Gasteiger partial charge in [-0.1, -0.05) is 32.0 Å². The Labute approximate surface area is 147 Å². The Balaban J connectivity index is 1.74. The van der Waals surface area contributed by atoms with Gasteiger partial charge in [0.1, 0.15) is 19.0 Å². The number of carbonyl (C=O) groups is 1. The second-order valence-corrected chi connectivity index (χ2v) is 6.50. The summed E-state index contributed by atoms with van der Waals surface area (Å²) in [5.74, 6) is 1.15. The Bertz CT molecular complexity index is 760. The predicted octanol–water partition coefficient (Wildman–Crippen LogP) is 3.65. The molecule has 0 unspecified atom stereocenters. The van der Waals surface area contributed by atoms with E-state index in [1.165, 1.54) is 12.1 Å². The van der Waals surface area contributed by atoms with Gasteiger partial charge in [-0.05, 0) is 41.3 Å². The fourth-order valence-corrected chi connectivity index (χ4v) is 2.95. The number of carbonyl (C=O) groups excluding carboxylic acids is 1.